The molecule has 4 rings (SSSR count). The summed E-state index contributed by atoms with van der Waals surface area (Å²) in [5, 5.41) is 13.8. The fourth-order valence-corrected chi connectivity index (χ4v) is 3.43. The molecule has 0 saturated heterocycles. The number of hydrogen-bond donors (Lipinski definition) is 1. The second-order valence-electron chi connectivity index (χ2n) is 5.79. The van der Waals surface area contributed by atoms with Gasteiger partial charge in [-0.25, -0.2) is 4.68 Å². The number of aromatic nitrogens is 5. The second-order valence-corrected chi connectivity index (χ2v) is 7.58. The summed E-state index contributed by atoms with van der Waals surface area (Å²) in [7, 11) is 0. The lowest BCUT2D eigenvalue weighted by molar-refractivity contribution is 0.291. The number of nitrogens with zero attached hydrogens (tertiary/aromatic N) is 5. The average Bonchev–Trinajstić information content (AvgIpc) is 3.33. The summed E-state index contributed by atoms with van der Waals surface area (Å²) in [6.07, 6.45) is 0. The van der Waals surface area contributed by atoms with Crippen molar-refractivity contribution in [2.24, 2.45) is 0 Å². The summed E-state index contributed by atoms with van der Waals surface area (Å²) >= 11 is 13.3. The highest BCUT2D eigenvalue weighted by atomic mass is 35.5. The zero-order valence-electron chi connectivity index (χ0n) is 14.8. The van der Waals surface area contributed by atoms with Crippen molar-refractivity contribution >= 4 is 35.0 Å². The number of nitrogens with two attached hydrogens (primary N) is 1. The zero-order valence-corrected chi connectivity index (χ0v) is 17.2. The lowest BCUT2D eigenvalue weighted by Gasteiger charge is -2.06. The van der Waals surface area contributed by atoms with Crippen molar-refractivity contribution in [3.05, 3.63) is 70.3 Å². The molecule has 0 saturated carbocycles. The minimum atomic E-state index is 0.170. The summed E-state index contributed by atoms with van der Waals surface area (Å²) in [5.74, 6) is 8.42. The van der Waals surface area contributed by atoms with Gasteiger partial charge in [0.1, 0.15) is 12.4 Å². The van der Waals surface area contributed by atoms with Crippen molar-refractivity contribution in [3.8, 4) is 17.1 Å². The summed E-state index contributed by atoms with van der Waals surface area (Å²) in [6, 6.07) is 14.3. The van der Waals surface area contributed by atoms with Crippen molar-refractivity contribution < 1.29 is 9.26 Å². The van der Waals surface area contributed by atoms with Gasteiger partial charge < -0.3 is 15.1 Å². The van der Waals surface area contributed by atoms with Crippen LogP contribution in [0.15, 0.2) is 58.2 Å². The second kappa shape index (κ2) is 8.73. The maximum atomic E-state index is 6.16. The van der Waals surface area contributed by atoms with E-state index in [1.807, 2.05) is 18.2 Å². The Hall–Kier alpha value is -2.75. The molecule has 29 heavy (non-hydrogen) atoms. The Kier molecular flexibility index (Phi) is 5.89. The molecule has 0 bridgehead atoms. The van der Waals surface area contributed by atoms with E-state index in [4.69, 9.17) is 38.3 Å². The predicted octanol–water partition coefficient (Wildman–Crippen LogP) is 4.22. The largest absolute Gasteiger partial charge is 0.486 e. The molecule has 0 aliphatic rings. The molecule has 0 fully saturated rings. The fourth-order valence-electron chi connectivity index (χ4n) is 2.37. The standard InChI is InChI=1S/C18H14Cl2N6O2S/c19-11-5-7-12(8-6-11)27-9-15-23-24-18(26(15)21)29-10-16-22-17(25-28-16)13-3-1-2-4-14(13)20/h1-8H,9-10,21H2. The quantitative estimate of drug-likeness (QED) is 0.330. The Morgan fingerprint density at radius 1 is 1.07 bits per heavy atom. The molecular formula is C18H14Cl2N6O2S. The molecule has 0 unspecified atom stereocenters. The van der Waals surface area contributed by atoms with Crippen molar-refractivity contribution in [2.45, 2.75) is 17.5 Å². The first-order valence-electron chi connectivity index (χ1n) is 8.38. The Morgan fingerprint density at radius 2 is 1.86 bits per heavy atom. The highest BCUT2D eigenvalue weighted by molar-refractivity contribution is 7.98. The Bertz CT molecular complexity index is 1120. The van der Waals surface area contributed by atoms with Crippen LogP contribution in [0.1, 0.15) is 11.7 Å². The van der Waals surface area contributed by atoms with Crippen LogP contribution in [0.2, 0.25) is 10.0 Å². The molecular weight excluding hydrogens is 435 g/mol. The molecule has 0 amide bonds. The van der Waals surface area contributed by atoms with Crippen LogP contribution in [-0.2, 0) is 12.4 Å². The van der Waals surface area contributed by atoms with Gasteiger partial charge in [-0.05, 0) is 36.4 Å². The van der Waals surface area contributed by atoms with Gasteiger partial charge in [-0.15, -0.1) is 10.2 Å². The van der Waals surface area contributed by atoms with Crippen LogP contribution in [0.5, 0.6) is 5.75 Å². The summed E-state index contributed by atoms with van der Waals surface area (Å²) < 4.78 is 12.3. The molecule has 0 aliphatic heterocycles. The number of halogens is 2. The van der Waals surface area contributed by atoms with Crippen LogP contribution in [0, 0.1) is 0 Å². The summed E-state index contributed by atoms with van der Waals surface area (Å²) in [6.45, 7) is 0.170. The number of benzene rings is 2. The molecule has 2 aromatic carbocycles. The van der Waals surface area contributed by atoms with E-state index in [1.165, 1.54) is 16.4 Å². The molecule has 148 valence electrons. The molecule has 2 N–H and O–H groups in total. The van der Waals surface area contributed by atoms with Crippen LogP contribution in [0.25, 0.3) is 11.4 Å². The van der Waals surface area contributed by atoms with Crippen molar-refractivity contribution in [3.63, 3.8) is 0 Å². The number of rotatable bonds is 7. The third kappa shape index (κ3) is 4.64. The van der Waals surface area contributed by atoms with Gasteiger partial charge in [0.25, 0.3) is 0 Å². The van der Waals surface area contributed by atoms with Gasteiger partial charge in [0, 0.05) is 10.6 Å². The number of thioether (sulfide) groups is 1. The fraction of sp³-hybridized carbons (Fsp3) is 0.111. The Morgan fingerprint density at radius 3 is 2.66 bits per heavy atom. The van der Waals surface area contributed by atoms with Gasteiger partial charge >= 0.3 is 0 Å². The van der Waals surface area contributed by atoms with Gasteiger partial charge in [-0.2, -0.15) is 4.98 Å². The normalized spacial score (nSPS) is 11.0. The average molecular weight is 449 g/mol. The Labute approximate surface area is 179 Å². The number of nitrogen functional groups attached to an aromatic ring is 1. The summed E-state index contributed by atoms with van der Waals surface area (Å²) in [4.78, 5) is 4.36. The Balaban J connectivity index is 1.37. The monoisotopic (exact) mass is 448 g/mol. The first-order chi connectivity index (χ1) is 14.1. The molecule has 0 spiro atoms. The molecule has 0 atom stereocenters. The van der Waals surface area contributed by atoms with Gasteiger partial charge in [-0.3, -0.25) is 0 Å². The highest BCUT2D eigenvalue weighted by Crippen LogP contribution is 2.26. The van der Waals surface area contributed by atoms with Gasteiger partial charge in [0.05, 0.1) is 10.8 Å². The van der Waals surface area contributed by atoms with Crippen molar-refractivity contribution in [2.75, 3.05) is 5.84 Å². The molecule has 0 radical (unpaired) electrons. The van der Waals surface area contributed by atoms with E-state index in [1.54, 1.807) is 30.3 Å². The smallest absolute Gasteiger partial charge is 0.237 e. The van der Waals surface area contributed by atoms with Crippen molar-refractivity contribution in [1.82, 2.24) is 25.0 Å². The van der Waals surface area contributed by atoms with Crippen LogP contribution in [-0.4, -0.2) is 25.0 Å². The lowest BCUT2D eigenvalue weighted by atomic mass is 10.2. The zero-order chi connectivity index (χ0) is 20.2. The molecule has 8 nitrogen and oxygen atoms in total. The van der Waals surface area contributed by atoms with E-state index in [-0.39, 0.29) is 6.61 Å². The highest BCUT2D eigenvalue weighted by Gasteiger charge is 2.15. The lowest BCUT2D eigenvalue weighted by Crippen LogP contribution is -2.15. The van der Waals surface area contributed by atoms with Crippen LogP contribution in [0.3, 0.4) is 0 Å². The maximum absolute atomic E-state index is 6.16. The molecule has 4 aromatic rings. The molecule has 2 aromatic heterocycles. The topological polar surface area (TPSA) is 105 Å². The van der Waals surface area contributed by atoms with Crippen LogP contribution >= 0.6 is 35.0 Å². The first kappa shape index (κ1) is 19.6. The van der Waals surface area contributed by atoms with E-state index in [0.29, 0.717) is 49.8 Å². The van der Waals surface area contributed by atoms with Crippen LogP contribution in [0.4, 0.5) is 0 Å². The third-order valence-electron chi connectivity index (χ3n) is 3.82. The molecule has 2 heterocycles. The van der Waals surface area contributed by atoms with Gasteiger partial charge in [-0.1, -0.05) is 52.3 Å². The van der Waals surface area contributed by atoms with E-state index in [2.05, 4.69) is 20.3 Å². The maximum Gasteiger partial charge on any atom is 0.237 e. The van der Waals surface area contributed by atoms with E-state index < -0.39 is 0 Å². The van der Waals surface area contributed by atoms with Gasteiger partial charge in [0.2, 0.25) is 16.9 Å². The predicted molar refractivity (Wildman–Crippen MR) is 110 cm³/mol. The van der Waals surface area contributed by atoms with Crippen LogP contribution < -0.4 is 10.6 Å². The number of hydrogen-bond acceptors (Lipinski definition) is 8. The van der Waals surface area contributed by atoms with E-state index in [9.17, 15) is 0 Å². The summed E-state index contributed by atoms with van der Waals surface area (Å²) in [5.41, 5.74) is 0.706. The van der Waals surface area contributed by atoms with E-state index in [0.717, 1.165) is 0 Å². The van der Waals surface area contributed by atoms with Gasteiger partial charge in [0.15, 0.2) is 5.82 Å². The van der Waals surface area contributed by atoms with Crippen molar-refractivity contribution in [1.29, 1.82) is 0 Å². The minimum Gasteiger partial charge on any atom is -0.486 e. The SMILES string of the molecule is Nn1c(COc2ccc(Cl)cc2)nnc1SCc1nc(-c2ccccc2Cl)no1. The molecule has 0 aliphatic carbocycles. The minimum absolute atomic E-state index is 0.170. The molecule has 11 heteroatoms. The first-order valence-corrected chi connectivity index (χ1v) is 10.1. The number of ether oxygens (including phenoxy) is 1. The van der Waals surface area contributed by atoms with E-state index >= 15 is 0 Å². The third-order valence-corrected chi connectivity index (χ3v) is 5.33.